The van der Waals surface area contributed by atoms with Crippen LogP contribution >= 0.6 is 0 Å². The Kier molecular flexibility index (Phi) is 10.9. The maximum absolute atomic E-state index is 8.74. The van der Waals surface area contributed by atoms with Crippen molar-refractivity contribution in [3.63, 3.8) is 0 Å². The number of rotatable bonds is 4. The Labute approximate surface area is 155 Å². The zero-order valence-electron chi connectivity index (χ0n) is 13.7. The molecule has 2 aromatic rings. The maximum atomic E-state index is 8.74. The van der Waals surface area contributed by atoms with Gasteiger partial charge in [-0.05, 0) is 24.3 Å². The molecule has 148 valence electrons. The second-order valence-corrected chi connectivity index (χ2v) is 5.38. The molecule has 0 heterocycles. The van der Waals surface area contributed by atoms with Gasteiger partial charge in [0.2, 0.25) is 0 Å². The maximum Gasteiger partial charge on any atom is 0.707 e. The highest BCUT2D eigenvalue weighted by atomic mass is 32.3. The van der Waals surface area contributed by atoms with Crippen molar-refractivity contribution in [2.75, 3.05) is 11.5 Å². The van der Waals surface area contributed by atoms with Gasteiger partial charge in [-0.15, -0.1) is 0 Å². The molecule has 0 saturated carbocycles. The van der Waals surface area contributed by atoms with Crippen LogP contribution in [0.4, 0.5) is 11.4 Å². The fourth-order valence-electron chi connectivity index (χ4n) is 1.42. The summed E-state index contributed by atoms with van der Waals surface area (Å²) in [6.45, 7) is 0. The fraction of sp³-hybridized carbons (Fsp3) is 0. The molecular formula is C12H18B2N2O10S. The molecule has 0 atom stereocenters. The molecule has 0 aliphatic carbocycles. The van der Waals surface area contributed by atoms with Crippen LogP contribution in [0.25, 0.3) is 0 Å². The number of nitrogens with two attached hydrogens (primary N) is 2. The van der Waals surface area contributed by atoms with E-state index < -0.39 is 25.0 Å². The zero-order valence-corrected chi connectivity index (χ0v) is 14.5. The summed E-state index contributed by atoms with van der Waals surface area (Å²) in [6, 6.07) is 12.8. The van der Waals surface area contributed by atoms with Crippen LogP contribution in [0.15, 0.2) is 48.5 Å². The summed E-state index contributed by atoms with van der Waals surface area (Å²) < 4.78 is 40.6. The Morgan fingerprint density at radius 3 is 1.26 bits per heavy atom. The highest BCUT2D eigenvalue weighted by Gasteiger charge is 2.11. The van der Waals surface area contributed by atoms with Crippen LogP contribution < -0.4 is 20.8 Å². The molecule has 15 heteroatoms. The highest BCUT2D eigenvalue weighted by Crippen LogP contribution is 2.14. The van der Waals surface area contributed by atoms with Crippen molar-refractivity contribution in [3.8, 4) is 11.5 Å². The van der Waals surface area contributed by atoms with E-state index in [0.717, 1.165) is 0 Å². The molecule has 0 fully saturated rings. The number of hydrogen-bond acceptors (Lipinski definition) is 10. The van der Waals surface area contributed by atoms with E-state index in [2.05, 4.69) is 9.31 Å². The smallest absolute Gasteiger partial charge is 0.512 e. The molecule has 0 aliphatic heterocycles. The minimum atomic E-state index is -4.67. The van der Waals surface area contributed by atoms with Crippen molar-refractivity contribution in [2.45, 2.75) is 0 Å². The fourth-order valence-corrected chi connectivity index (χ4v) is 1.42. The normalized spacial score (nSPS) is 9.70. The average molecular weight is 404 g/mol. The summed E-state index contributed by atoms with van der Waals surface area (Å²) in [6.07, 6.45) is 0. The van der Waals surface area contributed by atoms with Crippen molar-refractivity contribution in [3.05, 3.63) is 48.5 Å². The van der Waals surface area contributed by atoms with E-state index in [1.54, 1.807) is 36.4 Å². The Morgan fingerprint density at radius 1 is 0.741 bits per heavy atom. The van der Waals surface area contributed by atoms with Crippen LogP contribution in [0.2, 0.25) is 0 Å². The second kappa shape index (κ2) is 12.0. The highest BCUT2D eigenvalue weighted by molar-refractivity contribution is 7.79. The van der Waals surface area contributed by atoms with Gasteiger partial charge in [0, 0.05) is 23.5 Å². The van der Waals surface area contributed by atoms with E-state index in [1.807, 2.05) is 0 Å². The molecule has 10 N–H and O–H groups in total. The van der Waals surface area contributed by atoms with Gasteiger partial charge in [-0.1, -0.05) is 12.1 Å². The molecule has 0 saturated heterocycles. The van der Waals surface area contributed by atoms with Crippen LogP contribution in [-0.2, 0) is 10.4 Å². The summed E-state index contributed by atoms with van der Waals surface area (Å²) in [5.41, 5.74) is 11.8. The molecule has 2 aromatic carbocycles. The first-order valence-corrected chi connectivity index (χ1v) is 8.23. The molecule has 0 aliphatic rings. The van der Waals surface area contributed by atoms with Crippen LogP contribution in [0.1, 0.15) is 0 Å². The monoisotopic (exact) mass is 404 g/mol. The first-order valence-electron chi connectivity index (χ1n) is 6.83. The Hall–Kier alpha value is -2.52. The molecule has 0 amide bonds. The van der Waals surface area contributed by atoms with Crippen LogP contribution in [-0.4, -0.2) is 52.3 Å². The van der Waals surface area contributed by atoms with Gasteiger partial charge < -0.3 is 40.9 Å². The second-order valence-electron chi connectivity index (χ2n) is 4.48. The van der Waals surface area contributed by atoms with Crippen LogP contribution in [0, 0.1) is 0 Å². The molecular weight excluding hydrogens is 386 g/mol. The van der Waals surface area contributed by atoms with Gasteiger partial charge in [0.15, 0.2) is 0 Å². The SMILES string of the molecule is Nc1cccc(OB(O)O)c1.Nc1cccc(OB(O)O)c1.O=S(=O)(O)O. The van der Waals surface area contributed by atoms with Crippen molar-refractivity contribution in [1.82, 2.24) is 0 Å². The molecule has 0 unspecified atom stereocenters. The Bertz CT molecular complexity index is 732. The van der Waals surface area contributed by atoms with E-state index in [0.29, 0.717) is 22.9 Å². The summed E-state index contributed by atoms with van der Waals surface area (Å²) in [7, 11) is -8.26. The van der Waals surface area contributed by atoms with Crippen molar-refractivity contribution in [1.29, 1.82) is 0 Å². The molecule has 0 aromatic heterocycles. The van der Waals surface area contributed by atoms with E-state index in [1.165, 1.54) is 12.1 Å². The van der Waals surface area contributed by atoms with E-state index >= 15 is 0 Å². The number of anilines is 2. The minimum Gasteiger partial charge on any atom is -0.512 e. The third kappa shape index (κ3) is 16.7. The van der Waals surface area contributed by atoms with Gasteiger partial charge in [0.25, 0.3) is 0 Å². The van der Waals surface area contributed by atoms with Crippen molar-refractivity contribution in [2.24, 2.45) is 0 Å². The van der Waals surface area contributed by atoms with Gasteiger partial charge in [-0.25, -0.2) is 0 Å². The van der Waals surface area contributed by atoms with Crippen molar-refractivity contribution < 1.29 is 46.9 Å². The van der Waals surface area contributed by atoms with E-state index in [9.17, 15) is 0 Å². The molecule has 0 radical (unpaired) electrons. The average Bonchev–Trinajstić information content (AvgIpc) is 2.44. The van der Waals surface area contributed by atoms with Crippen LogP contribution in [0.3, 0.4) is 0 Å². The third-order valence-electron chi connectivity index (χ3n) is 2.20. The summed E-state index contributed by atoms with van der Waals surface area (Å²) in [5.74, 6) is 0.667. The molecule has 0 spiro atoms. The minimum absolute atomic E-state index is 0.333. The van der Waals surface area contributed by atoms with E-state index in [-0.39, 0.29) is 0 Å². The molecule has 12 nitrogen and oxygen atoms in total. The Morgan fingerprint density at radius 2 is 1.04 bits per heavy atom. The number of hydrogen-bond donors (Lipinski definition) is 8. The zero-order chi connectivity index (χ0) is 21.0. The first kappa shape index (κ1) is 24.5. The molecule has 0 bridgehead atoms. The van der Waals surface area contributed by atoms with Gasteiger partial charge in [-0.2, -0.15) is 8.42 Å². The number of benzene rings is 2. The summed E-state index contributed by atoms with van der Waals surface area (Å²) in [4.78, 5) is 0. The summed E-state index contributed by atoms with van der Waals surface area (Å²) in [5, 5.41) is 33.6. The van der Waals surface area contributed by atoms with Crippen molar-refractivity contribution >= 4 is 36.4 Å². The largest absolute Gasteiger partial charge is 0.707 e. The predicted molar refractivity (Wildman–Crippen MR) is 97.5 cm³/mol. The number of nitrogen functional groups attached to an aromatic ring is 2. The topological polar surface area (TPSA) is 226 Å². The lowest BCUT2D eigenvalue weighted by molar-refractivity contribution is 0.286. The van der Waals surface area contributed by atoms with Gasteiger partial charge >= 0.3 is 25.0 Å². The lowest BCUT2D eigenvalue weighted by Gasteiger charge is -2.03. The van der Waals surface area contributed by atoms with E-state index in [4.69, 9.17) is 49.1 Å². The third-order valence-corrected chi connectivity index (χ3v) is 2.20. The van der Waals surface area contributed by atoms with Gasteiger partial charge in [0.05, 0.1) is 0 Å². The Balaban J connectivity index is 0.000000405. The molecule has 27 heavy (non-hydrogen) atoms. The van der Waals surface area contributed by atoms with Gasteiger partial charge in [-0.3, -0.25) is 9.11 Å². The lowest BCUT2D eigenvalue weighted by atomic mass is 10.2. The van der Waals surface area contributed by atoms with Gasteiger partial charge in [0.1, 0.15) is 11.5 Å². The predicted octanol–water partition coefficient (Wildman–Crippen LogP) is -1.42. The first-order chi connectivity index (χ1) is 12.4. The van der Waals surface area contributed by atoms with Crippen LogP contribution in [0.5, 0.6) is 11.5 Å². The standard InChI is InChI=1S/2C6H8BNO3.H2O4S/c2*8-5-2-1-3-6(4-5)11-7(9)10;1-5(2,3)4/h2*1-4,9-10H,8H2;(H2,1,2,3,4). The lowest BCUT2D eigenvalue weighted by Crippen LogP contribution is -2.20. The summed E-state index contributed by atoms with van der Waals surface area (Å²) >= 11 is 0. The molecule has 2 rings (SSSR count). The quantitative estimate of drug-likeness (QED) is 0.167.